The molecule has 2 nitrogen and oxygen atoms in total. The number of rotatable bonds is 4. The molecular formula is C18H29NO. The second-order valence-electron chi connectivity index (χ2n) is 6.42. The van der Waals surface area contributed by atoms with Crippen LogP contribution in [0, 0.1) is 19.8 Å². The van der Waals surface area contributed by atoms with Gasteiger partial charge in [-0.2, -0.15) is 0 Å². The van der Waals surface area contributed by atoms with E-state index in [-0.39, 0.29) is 0 Å². The highest BCUT2D eigenvalue weighted by Crippen LogP contribution is 2.40. The first-order valence-corrected chi connectivity index (χ1v) is 7.97. The van der Waals surface area contributed by atoms with Crippen molar-refractivity contribution in [1.29, 1.82) is 0 Å². The largest absolute Gasteiger partial charge is 0.496 e. The van der Waals surface area contributed by atoms with Crippen LogP contribution in [0.3, 0.4) is 0 Å². The summed E-state index contributed by atoms with van der Waals surface area (Å²) in [7, 11) is 1.74. The molecule has 0 aromatic heterocycles. The molecule has 0 radical (unpaired) electrons. The van der Waals surface area contributed by atoms with E-state index in [2.05, 4.69) is 32.9 Å². The molecule has 0 bridgehead atoms. The molecule has 0 saturated heterocycles. The van der Waals surface area contributed by atoms with Gasteiger partial charge < -0.3 is 10.5 Å². The maximum absolute atomic E-state index is 6.43. The van der Waals surface area contributed by atoms with E-state index in [1.807, 2.05) is 0 Å². The molecule has 0 amide bonds. The highest BCUT2D eigenvalue weighted by Gasteiger charge is 2.30. The Morgan fingerprint density at radius 1 is 1.20 bits per heavy atom. The van der Waals surface area contributed by atoms with Crippen molar-refractivity contribution in [1.82, 2.24) is 0 Å². The topological polar surface area (TPSA) is 35.2 Å². The highest BCUT2D eigenvalue weighted by atomic mass is 16.5. The van der Waals surface area contributed by atoms with Gasteiger partial charge in [-0.15, -0.1) is 0 Å². The molecule has 1 aliphatic carbocycles. The number of methoxy groups -OCH3 is 1. The van der Waals surface area contributed by atoms with E-state index in [1.165, 1.54) is 48.8 Å². The summed E-state index contributed by atoms with van der Waals surface area (Å²) in [6.07, 6.45) is 6.35. The minimum absolute atomic E-state index is 0.314. The third-order valence-corrected chi connectivity index (χ3v) is 4.89. The Hall–Kier alpha value is -1.02. The number of aryl methyl sites for hydroxylation is 2. The standard InChI is InChI=1S/C18H29NO/c1-5-6-14-7-8-17(19)16(11-14)15-9-13(3)18(20-4)10-12(15)2/h9-10,14,16-17H,5-8,11,19H2,1-4H3. The number of hydrogen-bond donors (Lipinski definition) is 1. The van der Waals surface area contributed by atoms with Crippen molar-refractivity contribution in [2.75, 3.05) is 7.11 Å². The molecule has 0 aliphatic heterocycles. The van der Waals surface area contributed by atoms with Crippen molar-refractivity contribution >= 4 is 0 Å². The normalized spacial score (nSPS) is 26.6. The molecule has 1 fully saturated rings. The van der Waals surface area contributed by atoms with Crippen molar-refractivity contribution in [2.24, 2.45) is 11.7 Å². The van der Waals surface area contributed by atoms with Crippen LogP contribution in [0.25, 0.3) is 0 Å². The second-order valence-corrected chi connectivity index (χ2v) is 6.42. The summed E-state index contributed by atoms with van der Waals surface area (Å²) in [5.74, 6) is 2.36. The fourth-order valence-electron chi connectivity index (χ4n) is 3.74. The smallest absolute Gasteiger partial charge is 0.122 e. The van der Waals surface area contributed by atoms with Crippen LogP contribution in [0.2, 0.25) is 0 Å². The van der Waals surface area contributed by atoms with Crippen LogP contribution in [0.4, 0.5) is 0 Å². The van der Waals surface area contributed by atoms with Gasteiger partial charge in [0, 0.05) is 6.04 Å². The van der Waals surface area contributed by atoms with Crippen LogP contribution >= 0.6 is 0 Å². The lowest BCUT2D eigenvalue weighted by molar-refractivity contribution is 0.273. The second kappa shape index (κ2) is 6.62. The molecule has 20 heavy (non-hydrogen) atoms. The Morgan fingerprint density at radius 2 is 1.95 bits per heavy atom. The van der Waals surface area contributed by atoms with Gasteiger partial charge in [-0.25, -0.2) is 0 Å². The maximum Gasteiger partial charge on any atom is 0.122 e. The summed E-state index contributed by atoms with van der Waals surface area (Å²) in [5.41, 5.74) is 10.4. The Bertz CT molecular complexity index is 455. The first-order valence-electron chi connectivity index (χ1n) is 7.97. The molecule has 0 heterocycles. The van der Waals surface area contributed by atoms with E-state index in [9.17, 15) is 0 Å². The number of ether oxygens (including phenoxy) is 1. The molecule has 3 atom stereocenters. The molecule has 2 heteroatoms. The molecule has 2 rings (SSSR count). The third kappa shape index (κ3) is 3.17. The van der Waals surface area contributed by atoms with E-state index in [4.69, 9.17) is 10.5 Å². The van der Waals surface area contributed by atoms with Crippen molar-refractivity contribution in [3.05, 3.63) is 28.8 Å². The van der Waals surface area contributed by atoms with Crippen LogP contribution in [-0.2, 0) is 0 Å². The molecule has 1 aliphatic rings. The number of benzene rings is 1. The molecule has 1 aromatic rings. The Balaban J connectivity index is 2.26. The van der Waals surface area contributed by atoms with E-state index in [1.54, 1.807) is 7.11 Å². The van der Waals surface area contributed by atoms with Crippen molar-refractivity contribution in [3.8, 4) is 5.75 Å². The van der Waals surface area contributed by atoms with Crippen molar-refractivity contribution < 1.29 is 4.74 Å². The lowest BCUT2D eigenvalue weighted by Gasteiger charge is -2.35. The highest BCUT2D eigenvalue weighted by molar-refractivity contribution is 5.43. The van der Waals surface area contributed by atoms with Gasteiger partial charge in [-0.1, -0.05) is 25.8 Å². The quantitative estimate of drug-likeness (QED) is 0.888. The predicted octanol–water partition coefficient (Wildman–Crippen LogP) is 4.32. The average molecular weight is 275 g/mol. The summed E-state index contributed by atoms with van der Waals surface area (Å²) in [5, 5.41) is 0. The SMILES string of the molecule is CCCC1CCC(N)C(c2cc(C)c(OC)cc2C)C1. The summed E-state index contributed by atoms with van der Waals surface area (Å²) < 4.78 is 5.42. The van der Waals surface area contributed by atoms with Crippen LogP contribution in [0.1, 0.15) is 61.6 Å². The minimum atomic E-state index is 0.314. The van der Waals surface area contributed by atoms with Gasteiger partial charge in [0.15, 0.2) is 0 Å². The van der Waals surface area contributed by atoms with E-state index in [0.717, 1.165) is 11.7 Å². The van der Waals surface area contributed by atoms with Gasteiger partial charge in [-0.05, 0) is 67.7 Å². The van der Waals surface area contributed by atoms with Gasteiger partial charge in [0.1, 0.15) is 5.75 Å². The third-order valence-electron chi connectivity index (χ3n) is 4.89. The molecule has 2 N–H and O–H groups in total. The van der Waals surface area contributed by atoms with E-state index in [0.29, 0.717) is 12.0 Å². The lowest BCUT2D eigenvalue weighted by atomic mass is 9.72. The van der Waals surface area contributed by atoms with Gasteiger partial charge in [-0.3, -0.25) is 0 Å². The fourth-order valence-corrected chi connectivity index (χ4v) is 3.74. The number of hydrogen-bond acceptors (Lipinski definition) is 2. The van der Waals surface area contributed by atoms with Crippen LogP contribution < -0.4 is 10.5 Å². The van der Waals surface area contributed by atoms with Gasteiger partial charge >= 0.3 is 0 Å². The Labute approximate surface area is 123 Å². The molecule has 1 aromatic carbocycles. The van der Waals surface area contributed by atoms with Crippen LogP contribution in [-0.4, -0.2) is 13.2 Å². The summed E-state index contributed by atoms with van der Waals surface area (Å²) in [6.45, 7) is 6.60. The van der Waals surface area contributed by atoms with E-state index < -0.39 is 0 Å². The van der Waals surface area contributed by atoms with Crippen LogP contribution in [0.15, 0.2) is 12.1 Å². The lowest BCUT2D eigenvalue weighted by Crippen LogP contribution is -2.35. The Kier molecular flexibility index (Phi) is 5.09. The molecule has 112 valence electrons. The number of nitrogens with two attached hydrogens (primary N) is 1. The fraction of sp³-hybridized carbons (Fsp3) is 0.667. The summed E-state index contributed by atoms with van der Waals surface area (Å²) in [6, 6.07) is 4.78. The summed E-state index contributed by atoms with van der Waals surface area (Å²) >= 11 is 0. The first-order chi connectivity index (χ1) is 9.56. The minimum Gasteiger partial charge on any atom is -0.496 e. The molecule has 0 spiro atoms. The first kappa shape index (κ1) is 15.4. The molecule has 1 saturated carbocycles. The van der Waals surface area contributed by atoms with Gasteiger partial charge in [0.05, 0.1) is 7.11 Å². The average Bonchev–Trinajstić information content (AvgIpc) is 2.43. The van der Waals surface area contributed by atoms with Crippen LogP contribution in [0.5, 0.6) is 5.75 Å². The van der Waals surface area contributed by atoms with Gasteiger partial charge in [0.2, 0.25) is 0 Å². The van der Waals surface area contributed by atoms with Gasteiger partial charge in [0.25, 0.3) is 0 Å². The predicted molar refractivity (Wildman–Crippen MR) is 85.4 cm³/mol. The maximum atomic E-state index is 6.43. The zero-order valence-corrected chi connectivity index (χ0v) is 13.4. The van der Waals surface area contributed by atoms with Crippen molar-refractivity contribution in [2.45, 2.75) is 64.8 Å². The molecular weight excluding hydrogens is 246 g/mol. The molecule has 3 unspecified atom stereocenters. The zero-order valence-electron chi connectivity index (χ0n) is 13.4. The van der Waals surface area contributed by atoms with Crippen molar-refractivity contribution in [3.63, 3.8) is 0 Å². The Morgan fingerprint density at radius 3 is 2.60 bits per heavy atom. The van der Waals surface area contributed by atoms with E-state index >= 15 is 0 Å². The monoisotopic (exact) mass is 275 g/mol. The zero-order chi connectivity index (χ0) is 14.7. The summed E-state index contributed by atoms with van der Waals surface area (Å²) in [4.78, 5) is 0.